The molecule has 0 aromatic heterocycles. The quantitative estimate of drug-likeness (QED) is 0.257. The number of aldehydes is 1. The first-order valence-electron chi connectivity index (χ1n) is 9.03. The second-order valence-electron chi connectivity index (χ2n) is 8.75. The van der Waals surface area contributed by atoms with E-state index in [1.54, 1.807) is 12.1 Å². The van der Waals surface area contributed by atoms with Crippen LogP contribution < -0.4 is 4.74 Å². The summed E-state index contributed by atoms with van der Waals surface area (Å²) in [6.07, 6.45) is 2.06. The van der Waals surface area contributed by atoms with E-state index in [1.165, 1.54) is 0 Å². The summed E-state index contributed by atoms with van der Waals surface area (Å²) >= 11 is 3.37. The Labute approximate surface area is 165 Å². The van der Waals surface area contributed by atoms with Crippen molar-refractivity contribution in [3.05, 3.63) is 28.2 Å². The first-order chi connectivity index (χ1) is 11.9. The molecule has 0 amide bonds. The van der Waals surface area contributed by atoms with Gasteiger partial charge in [-0.3, -0.25) is 4.79 Å². The van der Waals surface area contributed by atoms with Crippen molar-refractivity contribution in [1.29, 1.82) is 0 Å². The molecule has 0 spiro atoms. The van der Waals surface area contributed by atoms with Gasteiger partial charge < -0.3 is 14.0 Å². The highest BCUT2D eigenvalue weighted by Gasteiger charge is 2.46. The minimum Gasteiger partial charge on any atom is -0.486 e. The first-order valence-corrected chi connectivity index (χ1v) is 12.7. The molecular formula is C20H29BrO4Si. The minimum absolute atomic E-state index is 0.159. The summed E-state index contributed by atoms with van der Waals surface area (Å²) < 4.78 is 13.1. The molecule has 0 saturated carbocycles. The highest BCUT2D eigenvalue weighted by molar-refractivity contribution is 9.10. The number of benzene rings is 1. The van der Waals surface area contributed by atoms with Crippen LogP contribution in [-0.4, -0.2) is 32.6 Å². The molecule has 6 heteroatoms. The van der Waals surface area contributed by atoms with Gasteiger partial charge in [-0.1, -0.05) is 36.7 Å². The molecule has 2 rings (SSSR count). The van der Waals surface area contributed by atoms with Crippen LogP contribution in [-0.2, 0) is 9.22 Å². The SMILES string of the molecule is CC1(CCCO[Si](C)(C)C(C)(C)C)Oc2ccc(Br)cc2C(=O)C1C=O. The van der Waals surface area contributed by atoms with Crippen molar-refractivity contribution in [3.63, 3.8) is 0 Å². The fourth-order valence-corrected chi connectivity index (χ4v) is 4.37. The molecule has 1 aromatic rings. The van der Waals surface area contributed by atoms with Crippen LogP contribution in [0.3, 0.4) is 0 Å². The zero-order chi connectivity index (χ0) is 19.8. The molecule has 1 aliphatic heterocycles. The van der Waals surface area contributed by atoms with Gasteiger partial charge in [0.05, 0.1) is 5.56 Å². The minimum atomic E-state index is -1.80. The Hall–Kier alpha value is -0.983. The maximum atomic E-state index is 12.8. The van der Waals surface area contributed by atoms with Crippen molar-refractivity contribution < 1.29 is 18.8 Å². The number of Topliss-reactive ketones (excluding diaryl/α,β-unsaturated/α-hetero) is 1. The number of fused-ring (bicyclic) bond motifs is 1. The normalized spacial score (nSPS) is 23.3. The van der Waals surface area contributed by atoms with Crippen LogP contribution in [0.15, 0.2) is 22.7 Å². The average molecular weight is 441 g/mol. The van der Waals surface area contributed by atoms with E-state index >= 15 is 0 Å². The second kappa shape index (κ2) is 7.56. The molecule has 144 valence electrons. The Kier molecular flexibility index (Phi) is 6.20. The van der Waals surface area contributed by atoms with Crippen molar-refractivity contribution in [1.82, 2.24) is 0 Å². The standard InChI is InChI=1S/C20H29BrO4Si/c1-19(2,3)26(5,6)24-11-7-10-20(4)16(13-22)18(23)15-12-14(21)8-9-17(15)25-20/h8-9,12-13,16H,7,10-11H2,1-6H3. The van der Waals surface area contributed by atoms with E-state index in [0.717, 1.165) is 17.2 Å². The second-order valence-corrected chi connectivity index (χ2v) is 14.5. The summed E-state index contributed by atoms with van der Waals surface area (Å²) in [5, 5.41) is 0.159. The summed E-state index contributed by atoms with van der Waals surface area (Å²) in [5.74, 6) is -0.420. The van der Waals surface area contributed by atoms with E-state index in [4.69, 9.17) is 9.16 Å². The number of hydrogen-bond acceptors (Lipinski definition) is 4. The Morgan fingerprint density at radius 3 is 2.58 bits per heavy atom. The van der Waals surface area contributed by atoms with Crippen molar-refractivity contribution in [2.24, 2.45) is 5.92 Å². The lowest BCUT2D eigenvalue weighted by Gasteiger charge is -2.40. The number of hydrogen-bond donors (Lipinski definition) is 0. The number of ketones is 1. The predicted molar refractivity (Wildman–Crippen MR) is 109 cm³/mol. The summed E-state index contributed by atoms with van der Waals surface area (Å²) in [5.41, 5.74) is -0.373. The molecule has 1 aliphatic rings. The van der Waals surface area contributed by atoms with E-state index in [2.05, 4.69) is 49.8 Å². The Morgan fingerprint density at radius 2 is 2.00 bits per heavy atom. The Balaban J connectivity index is 2.09. The molecule has 26 heavy (non-hydrogen) atoms. The molecule has 0 fully saturated rings. The molecule has 2 unspecified atom stereocenters. The topological polar surface area (TPSA) is 52.6 Å². The zero-order valence-electron chi connectivity index (χ0n) is 16.5. The van der Waals surface area contributed by atoms with Crippen LogP contribution in [0.4, 0.5) is 0 Å². The van der Waals surface area contributed by atoms with Gasteiger partial charge in [-0.25, -0.2) is 0 Å². The largest absolute Gasteiger partial charge is 0.486 e. The van der Waals surface area contributed by atoms with Gasteiger partial charge in [0.25, 0.3) is 0 Å². The maximum absolute atomic E-state index is 12.8. The average Bonchev–Trinajstić information content (AvgIpc) is 2.52. The van der Waals surface area contributed by atoms with E-state index in [-0.39, 0.29) is 10.8 Å². The van der Waals surface area contributed by atoms with Crippen molar-refractivity contribution in [3.8, 4) is 5.75 Å². The van der Waals surface area contributed by atoms with Gasteiger partial charge in [-0.15, -0.1) is 0 Å². The van der Waals surface area contributed by atoms with Crippen LogP contribution in [0.25, 0.3) is 0 Å². The number of ether oxygens (including phenoxy) is 1. The lowest BCUT2D eigenvalue weighted by molar-refractivity contribution is -0.116. The molecule has 0 aliphatic carbocycles. The van der Waals surface area contributed by atoms with Crippen molar-refractivity contribution in [2.45, 2.75) is 64.3 Å². The fourth-order valence-electron chi connectivity index (χ4n) is 2.92. The molecule has 0 N–H and O–H groups in total. The van der Waals surface area contributed by atoms with Gasteiger partial charge in [0.1, 0.15) is 23.6 Å². The van der Waals surface area contributed by atoms with Gasteiger partial charge in [-0.2, -0.15) is 0 Å². The van der Waals surface area contributed by atoms with E-state index < -0.39 is 19.8 Å². The summed E-state index contributed by atoms with van der Waals surface area (Å²) in [7, 11) is -1.80. The molecule has 2 atom stereocenters. The third-order valence-corrected chi connectivity index (χ3v) is 10.7. The maximum Gasteiger partial charge on any atom is 0.191 e. The lowest BCUT2D eigenvalue weighted by Crippen LogP contribution is -2.49. The van der Waals surface area contributed by atoms with Gasteiger partial charge in [0, 0.05) is 11.1 Å². The molecule has 1 heterocycles. The third-order valence-electron chi connectivity index (χ3n) is 5.71. The van der Waals surface area contributed by atoms with Gasteiger partial charge >= 0.3 is 0 Å². The summed E-state index contributed by atoms with van der Waals surface area (Å²) in [6, 6.07) is 5.34. The van der Waals surface area contributed by atoms with E-state index in [0.29, 0.717) is 24.3 Å². The smallest absolute Gasteiger partial charge is 0.191 e. The predicted octanol–water partition coefficient (Wildman–Crippen LogP) is 5.40. The molecule has 0 saturated heterocycles. The Bertz CT molecular complexity index is 696. The fraction of sp³-hybridized carbons (Fsp3) is 0.600. The number of carbonyl (C=O) groups is 2. The van der Waals surface area contributed by atoms with Gasteiger partial charge in [0.15, 0.2) is 14.1 Å². The monoisotopic (exact) mass is 440 g/mol. The third kappa shape index (κ3) is 4.29. The Morgan fingerprint density at radius 1 is 1.35 bits per heavy atom. The van der Waals surface area contributed by atoms with Crippen LogP contribution in [0.5, 0.6) is 5.75 Å². The first kappa shape index (κ1) is 21.3. The lowest BCUT2D eigenvalue weighted by atomic mass is 9.78. The molecule has 0 radical (unpaired) electrons. The van der Waals surface area contributed by atoms with Crippen molar-refractivity contribution in [2.75, 3.05) is 6.61 Å². The van der Waals surface area contributed by atoms with Crippen molar-refractivity contribution >= 4 is 36.3 Å². The number of halogens is 1. The van der Waals surface area contributed by atoms with Gasteiger partial charge in [-0.05, 0) is 56.1 Å². The number of rotatable bonds is 6. The summed E-state index contributed by atoms with van der Waals surface area (Å²) in [6.45, 7) is 13.5. The zero-order valence-corrected chi connectivity index (χ0v) is 19.1. The molecule has 0 bridgehead atoms. The van der Waals surface area contributed by atoms with Crippen LogP contribution in [0, 0.1) is 5.92 Å². The summed E-state index contributed by atoms with van der Waals surface area (Å²) in [4.78, 5) is 24.4. The molecule has 1 aromatic carbocycles. The molecular weight excluding hydrogens is 412 g/mol. The van der Waals surface area contributed by atoms with E-state index in [1.807, 2.05) is 13.0 Å². The number of carbonyl (C=O) groups excluding carboxylic acids is 2. The highest BCUT2D eigenvalue weighted by atomic mass is 79.9. The molecule has 4 nitrogen and oxygen atoms in total. The van der Waals surface area contributed by atoms with Crippen LogP contribution in [0.1, 0.15) is 50.9 Å². The highest BCUT2D eigenvalue weighted by Crippen LogP contribution is 2.40. The van der Waals surface area contributed by atoms with Crippen LogP contribution in [0.2, 0.25) is 18.1 Å². The van der Waals surface area contributed by atoms with E-state index in [9.17, 15) is 9.59 Å². The van der Waals surface area contributed by atoms with Gasteiger partial charge in [0.2, 0.25) is 0 Å². The van der Waals surface area contributed by atoms with Crippen LogP contribution >= 0.6 is 15.9 Å².